The van der Waals surface area contributed by atoms with Gasteiger partial charge in [0, 0.05) is 56.1 Å². The molecule has 1 amide bonds. The summed E-state index contributed by atoms with van der Waals surface area (Å²) >= 11 is 0. The predicted molar refractivity (Wildman–Crippen MR) is 106 cm³/mol. The van der Waals surface area contributed by atoms with Gasteiger partial charge in [0.05, 0.1) is 0 Å². The monoisotopic (exact) mass is 362 g/mol. The fourth-order valence-corrected chi connectivity index (χ4v) is 4.24. The van der Waals surface area contributed by atoms with Crippen LogP contribution < -0.4 is 10.2 Å². The largest absolute Gasteiger partial charge is 0.359 e. The summed E-state index contributed by atoms with van der Waals surface area (Å²) in [6.07, 6.45) is 11.1. The maximum atomic E-state index is 12.6. The van der Waals surface area contributed by atoms with Gasteiger partial charge in [-0.1, -0.05) is 24.3 Å². The van der Waals surface area contributed by atoms with Crippen molar-refractivity contribution >= 4 is 11.7 Å². The Balaban J connectivity index is 1.36. The molecule has 2 aliphatic carbocycles. The Labute approximate surface area is 160 Å². The number of carbonyl (C=O) groups is 1. The van der Waals surface area contributed by atoms with Crippen LogP contribution in [0.2, 0.25) is 0 Å². The third kappa shape index (κ3) is 4.02. The SMILES string of the molecule is CN(CCc1ccccn1)c1ncccc1CNC(=O)[C@@H]1C[C@@H]2C=C[C@H]1C2. The summed E-state index contributed by atoms with van der Waals surface area (Å²) in [5.74, 6) is 2.28. The maximum absolute atomic E-state index is 12.6. The Hall–Kier alpha value is -2.69. The van der Waals surface area contributed by atoms with Gasteiger partial charge in [0.2, 0.25) is 5.91 Å². The van der Waals surface area contributed by atoms with Crippen LogP contribution in [0.5, 0.6) is 0 Å². The number of rotatable bonds is 7. The van der Waals surface area contributed by atoms with Crippen LogP contribution in [0.15, 0.2) is 54.9 Å². The molecule has 3 atom stereocenters. The van der Waals surface area contributed by atoms with Crippen molar-refractivity contribution in [2.75, 3.05) is 18.5 Å². The van der Waals surface area contributed by atoms with Gasteiger partial charge in [-0.05, 0) is 42.9 Å². The highest BCUT2D eigenvalue weighted by atomic mass is 16.1. The summed E-state index contributed by atoms with van der Waals surface area (Å²) in [4.78, 5) is 23.7. The van der Waals surface area contributed by atoms with Gasteiger partial charge in [-0.2, -0.15) is 0 Å². The van der Waals surface area contributed by atoms with E-state index < -0.39 is 0 Å². The smallest absolute Gasteiger partial charge is 0.223 e. The molecule has 1 fully saturated rings. The van der Waals surface area contributed by atoms with E-state index in [2.05, 4.69) is 32.3 Å². The third-order valence-electron chi connectivity index (χ3n) is 5.73. The van der Waals surface area contributed by atoms with Crippen molar-refractivity contribution in [3.63, 3.8) is 0 Å². The summed E-state index contributed by atoms with van der Waals surface area (Å²) in [5, 5.41) is 3.14. The van der Waals surface area contributed by atoms with Gasteiger partial charge < -0.3 is 10.2 Å². The molecule has 2 heterocycles. The number of allylic oxidation sites excluding steroid dienone is 2. The van der Waals surface area contributed by atoms with E-state index in [0.717, 1.165) is 42.9 Å². The van der Waals surface area contributed by atoms with Gasteiger partial charge in [-0.25, -0.2) is 4.98 Å². The van der Waals surface area contributed by atoms with Crippen molar-refractivity contribution in [2.24, 2.45) is 17.8 Å². The van der Waals surface area contributed by atoms with Gasteiger partial charge in [-0.15, -0.1) is 0 Å². The summed E-state index contributed by atoms with van der Waals surface area (Å²) in [6.45, 7) is 1.35. The Bertz CT molecular complexity index is 820. The number of nitrogens with zero attached hydrogens (tertiary/aromatic N) is 3. The normalized spacial score (nSPS) is 22.8. The highest BCUT2D eigenvalue weighted by Gasteiger charge is 2.39. The minimum atomic E-state index is 0.141. The number of anilines is 1. The van der Waals surface area contributed by atoms with Crippen molar-refractivity contribution in [3.05, 3.63) is 66.1 Å². The lowest BCUT2D eigenvalue weighted by Crippen LogP contribution is -2.33. The Morgan fingerprint density at radius 2 is 2.04 bits per heavy atom. The first-order valence-electron chi connectivity index (χ1n) is 9.71. The molecule has 0 spiro atoms. The van der Waals surface area contributed by atoms with Crippen molar-refractivity contribution in [1.82, 2.24) is 15.3 Å². The van der Waals surface area contributed by atoms with Crippen LogP contribution in [-0.2, 0) is 17.8 Å². The Morgan fingerprint density at radius 1 is 1.15 bits per heavy atom. The molecule has 1 saturated carbocycles. The summed E-state index contributed by atoms with van der Waals surface area (Å²) < 4.78 is 0. The van der Waals surface area contributed by atoms with Crippen LogP contribution in [0, 0.1) is 17.8 Å². The molecule has 0 saturated heterocycles. The zero-order chi connectivity index (χ0) is 18.6. The average molecular weight is 362 g/mol. The molecule has 1 N–H and O–H groups in total. The molecule has 5 nitrogen and oxygen atoms in total. The van der Waals surface area contributed by atoms with E-state index in [-0.39, 0.29) is 11.8 Å². The van der Waals surface area contributed by atoms with Crippen molar-refractivity contribution in [3.8, 4) is 0 Å². The lowest BCUT2D eigenvalue weighted by Gasteiger charge is -2.22. The first kappa shape index (κ1) is 17.7. The first-order valence-corrected chi connectivity index (χ1v) is 9.71. The van der Waals surface area contributed by atoms with Gasteiger partial charge >= 0.3 is 0 Å². The van der Waals surface area contributed by atoms with Crippen molar-refractivity contribution < 1.29 is 4.79 Å². The van der Waals surface area contributed by atoms with Crippen molar-refractivity contribution in [2.45, 2.75) is 25.8 Å². The highest BCUT2D eigenvalue weighted by molar-refractivity contribution is 5.80. The van der Waals surface area contributed by atoms with Crippen LogP contribution >= 0.6 is 0 Å². The van der Waals surface area contributed by atoms with Crippen LogP contribution in [0.3, 0.4) is 0 Å². The number of aromatic nitrogens is 2. The molecule has 2 aromatic rings. The predicted octanol–water partition coefficient (Wildman–Crippen LogP) is 2.98. The number of carbonyl (C=O) groups excluding carboxylic acids is 1. The molecule has 0 aliphatic heterocycles. The zero-order valence-electron chi connectivity index (χ0n) is 15.7. The fourth-order valence-electron chi connectivity index (χ4n) is 4.24. The van der Waals surface area contributed by atoms with E-state index in [1.165, 1.54) is 0 Å². The minimum Gasteiger partial charge on any atom is -0.359 e. The summed E-state index contributed by atoms with van der Waals surface area (Å²) in [6, 6.07) is 9.95. The second-order valence-corrected chi connectivity index (χ2v) is 7.58. The molecule has 2 bridgehead atoms. The molecule has 0 unspecified atom stereocenters. The van der Waals surface area contributed by atoms with E-state index in [1.54, 1.807) is 6.20 Å². The number of pyridine rings is 2. The molecule has 0 aromatic carbocycles. The lowest BCUT2D eigenvalue weighted by molar-refractivity contribution is -0.125. The first-order chi connectivity index (χ1) is 13.2. The van der Waals surface area contributed by atoms with Crippen LogP contribution in [0.1, 0.15) is 24.1 Å². The van der Waals surface area contributed by atoms with E-state index in [9.17, 15) is 4.79 Å². The zero-order valence-corrected chi connectivity index (χ0v) is 15.7. The average Bonchev–Trinajstić information content (AvgIpc) is 3.35. The molecule has 2 aliphatic rings. The maximum Gasteiger partial charge on any atom is 0.223 e. The summed E-state index contributed by atoms with van der Waals surface area (Å²) in [7, 11) is 2.04. The number of likely N-dealkylation sites (N-methyl/N-ethyl adjacent to an activating group) is 1. The number of hydrogen-bond donors (Lipinski definition) is 1. The van der Waals surface area contributed by atoms with Gasteiger partial charge in [0.25, 0.3) is 0 Å². The van der Waals surface area contributed by atoms with E-state index in [0.29, 0.717) is 18.4 Å². The van der Waals surface area contributed by atoms with Gasteiger partial charge in [0.15, 0.2) is 0 Å². The number of nitrogens with one attached hydrogen (secondary N) is 1. The van der Waals surface area contributed by atoms with Crippen LogP contribution in [0.25, 0.3) is 0 Å². The number of amides is 1. The number of fused-ring (bicyclic) bond motifs is 2. The summed E-state index contributed by atoms with van der Waals surface area (Å²) in [5.41, 5.74) is 2.12. The van der Waals surface area contributed by atoms with Crippen molar-refractivity contribution in [1.29, 1.82) is 0 Å². The Kier molecular flexibility index (Phi) is 5.19. The topological polar surface area (TPSA) is 58.1 Å². The van der Waals surface area contributed by atoms with Crippen LogP contribution in [0.4, 0.5) is 5.82 Å². The van der Waals surface area contributed by atoms with E-state index in [1.807, 2.05) is 43.6 Å². The Morgan fingerprint density at radius 3 is 2.78 bits per heavy atom. The minimum absolute atomic E-state index is 0.141. The van der Waals surface area contributed by atoms with Gasteiger partial charge in [-0.3, -0.25) is 9.78 Å². The molecular weight excluding hydrogens is 336 g/mol. The molecule has 2 aromatic heterocycles. The molecular formula is C22H26N4O. The quantitative estimate of drug-likeness (QED) is 0.770. The lowest BCUT2D eigenvalue weighted by atomic mass is 9.93. The molecule has 0 radical (unpaired) electrons. The van der Waals surface area contributed by atoms with E-state index >= 15 is 0 Å². The fraction of sp³-hybridized carbons (Fsp3) is 0.409. The second kappa shape index (κ2) is 7.91. The third-order valence-corrected chi connectivity index (χ3v) is 5.73. The highest BCUT2D eigenvalue weighted by Crippen LogP contribution is 2.43. The molecule has 5 heteroatoms. The van der Waals surface area contributed by atoms with Gasteiger partial charge in [0.1, 0.15) is 5.82 Å². The molecule has 27 heavy (non-hydrogen) atoms. The molecule has 140 valence electrons. The number of hydrogen-bond acceptors (Lipinski definition) is 4. The second-order valence-electron chi connectivity index (χ2n) is 7.58. The standard InChI is InChI=1S/C22H26N4O/c1-26(12-9-19-6-2-3-10-23-19)21-18(5-4-11-24-21)15-25-22(27)20-14-16-7-8-17(20)13-16/h2-8,10-11,16-17,20H,9,12-15H2,1H3,(H,25,27)/t16-,17+,20-/m1/s1. The van der Waals surface area contributed by atoms with E-state index in [4.69, 9.17) is 0 Å². The van der Waals surface area contributed by atoms with Crippen LogP contribution in [-0.4, -0.2) is 29.5 Å². The molecule has 4 rings (SSSR count).